The van der Waals surface area contributed by atoms with Crippen LogP contribution in [0.2, 0.25) is 4.34 Å². The van der Waals surface area contributed by atoms with E-state index in [1.807, 2.05) is 0 Å². The number of hydrogen-bond donors (Lipinski definition) is 1. The zero-order valence-corrected chi connectivity index (χ0v) is 19.7. The number of halogens is 1. The first-order chi connectivity index (χ1) is 14.5. The lowest BCUT2D eigenvalue weighted by atomic mass is 10.1. The van der Waals surface area contributed by atoms with Gasteiger partial charge in [0.05, 0.1) is 15.5 Å². The van der Waals surface area contributed by atoms with E-state index in [9.17, 15) is 18.0 Å². The van der Waals surface area contributed by atoms with Gasteiger partial charge in [-0.3, -0.25) is 9.59 Å². The van der Waals surface area contributed by atoms with Crippen molar-refractivity contribution in [1.82, 2.24) is 10.2 Å². The van der Waals surface area contributed by atoms with Gasteiger partial charge in [-0.2, -0.15) is 0 Å². The van der Waals surface area contributed by atoms with Crippen molar-refractivity contribution in [2.45, 2.75) is 6.42 Å². The van der Waals surface area contributed by atoms with Gasteiger partial charge in [-0.25, -0.2) is 8.42 Å². The molecule has 1 saturated heterocycles. The summed E-state index contributed by atoms with van der Waals surface area (Å²) in [5.74, 6) is 0.0871. The molecular formula is C20H23ClN4O4S2. The van der Waals surface area contributed by atoms with Crippen LogP contribution in [0.15, 0.2) is 40.8 Å². The minimum atomic E-state index is -3.55. The number of amides is 2. The molecule has 0 radical (unpaired) electrons. The first-order valence-electron chi connectivity index (χ1n) is 9.45. The van der Waals surface area contributed by atoms with Crippen molar-refractivity contribution < 1.29 is 18.0 Å². The number of nitrogens with zero attached hydrogens (tertiary/aromatic N) is 3. The van der Waals surface area contributed by atoms with Gasteiger partial charge in [-0.15, -0.1) is 15.7 Å². The monoisotopic (exact) mass is 482 g/mol. The van der Waals surface area contributed by atoms with Crippen LogP contribution in [0.5, 0.6) is 0 Å². The minimum Gasteiger partial charge on any atom is -0.362 e. The van der Waals surface area contributed by atoms with Crippen molar-refractivity contribution in [3.63, 3.8) is 0 Å². The molecule has 2 aromatic rings. The third kappa shape index (κ3) is 6.05. The van der Waals surface area contributed by atoms with Crippen LogP contribution >= 0.6 is 22.9 Å². The molecule has 1 aromatic heterocycles. The number of sulfonamides is 1. The Morgan fingerprint density at radius 2 is 1.94 bits per heavy atom. The third-order valence-corrected chi connectivity index (χ3v) is 6.40. The molecule has 166 valence electrons. The molecule has 1 fully saturated rings. The number of carbonyl (C=O) groups is 2. The molecule has 0 spiro atoms. The standard InChI is InChI=1S/C20H23ClN4O4S2/c1-24(2)19(23-31(3,28)29)14-4-6-15(7-5-14)25-12-13(10-18(25)26)11-22-20(27)16-8-9-17(21)30-16/h4-9,13H,10-12H2,1-3H3,(H,22,27)/b23-19-. The van der Waals surface area contributed by atoms with Crippen LogP contribution in [-0.4, -0.2) is 64.4 Å². The predicted molar refractivity (Wildman–Crippen MR) is 124 cm³/mol. The average molecular weight is 483 g/mol. The molecule has 2 heterocycles. The van der Waals surface area contributed by atoms with Gasteiger partial charge in [0.25, 0.3) is 15.9 Å². The Morgan fingerprint density at radius 3 is 2.48 bits per heavy atom. The van der Waals surface area contributed by atoms with Crippen LogP contribution in [-0.2, 0) is 14.8 Å². The highest BCUT2D eigenvalue weighted by molar-refractivity contribution is 7.89. The topological polar surface area (TPSA) is 99.2 Å². The molecule has 0 saturated carbocycles. The van der Waals surface area contributed by atoms with Crippen molar-refractivity contribution in [2.24, 2.45) is 10.3 Å². The van der Waals surface area contributed by atoms with Gasteiger partial charge in [0, 0.05) is 50.8 Å². The predicted octanol–water partition coefficient (Wildman–Crippen LogP) is 2.45. The van der Waals surface area contributed by atoms with E-state index in [4.69, 9.17) is 11.6 Å². The van der Waals surface area contributed by atoms with Crippen LogP contribution in [0.3, 0.4) is 0 Å². The molecule has 31 heavy (non-hydrogen) atoms. The summed E-state index contributed by atoms with van der Waals surface area (Å²) in [5.41, 5.74) is 1.34. The van der Waals surface area contributed by atoms with E-state index in [0.29, 0.717) is 45.8 Å². The lowest BCUT2D eigenvalue weighted by Crippen LogP contribution is -2.31. The number of rotatable bonds is 6. The summed E-state index contributed by atoms with van der Waals surface area (Å²) >= 11 is 7.07. The maximum Gasteiger partial charge on any atom is 0.261 e. The Labute approximate surface area is 190 Å². The summed E-state index contributed by atoms with van der Waals surface area (Å²) in [6.07, 6.45) is 1.38. The molecule has 1 aromatic carbocycles. The lowest BCUT2D eigenvalue weighted by molar-refractivity contribution is -0.117. The fraction of sp³-hybridized carbons (Fsp3) is 0.350. The summed E-state index contributed by atoms with van der Waals surface area (Å²) < 4.78 is 27.5. The molecular weight excluding hydrogens is 460 g/mol. The molecule has 0 aliphatic carbocycles. The number of thiophene rings is 1. The maximum atomic E-state index is 12.5. The fourth-order valence-electron chi connectivity index (χ4n) is 3.27. The molecule has 8 nitrogen and oxygen atoms in total. The van der Waals surface area contributed by atoms with Crippen LogP contribution in [0.1, 0.15) is 21.7 Å². The zero-order chi connectivity index (χ0) is 22.8. The van der Waals surface area contributed by atoms with Crippen LogP contribution in [0, 0.1) is 5.92 Å². The second-order valence-electron chi connectivity index (χ2n) is 7.48. The number of carbonyl (C=O) groups excluding carboxylic acids is 2. The van der Waals surface area contributed by atoms with E-state index < -0.39 is 10.0 Å². The maximum absolute atomic E-state index is 12.5. The normalized spacial score (nSPS) is 17.2. The molecule has 1 unspecified atom stereocenters. The zero-order valence-electron chi connectivity index (χ0n) is 17.3. The number of amidine groups is 1. The molecule has 1 aliphatic rings. The van der Waals surface area contributed by atoms with Gasteiger partial charge >= 0.3 is 0 Å². The van der Waals surface area contributed by atoms with Crippen molar-refractivity contribution in [1.29, 1.82) is 0 Å². The largest absolute Gasteiger partial charge is 0.362 e. The van der Waals surface area contributed by atoms with Gasteiger partial charge in [-0.1, -0.05) is 11.6 Å². The lowest BCUT2D eigenvalue weighted by Gasteiger charge is -2.19. The summed E-state index contributed by atoms with van der Waals surface area (Å²) in [4.78, 5) is 28.5. The Hall–Kier alpha value is -2.43. The molecule has 1 N–H and O–H groups in total. The molecule has 11 heteroatoms. The SMILES string of the molecule is CN(C)/C(=N\S(C)(=O)=O)c1ccc(N2CC(CNC(=O)c3ccc(Cl)s3)CC2=O)cc1. The quantitative estimate of drug-likeness (QED) is 0.503. The first kappa shape index (κ1) is 23.2. The number of anilines is 1. The Kier molecular flexibility index (Phi) is 7.03. The van der Waals surface area contributed by atoms with Gasteiger partial charge in [0.2, 0.25) is 5.91 Å². The average Bonchev–Trinajstić information content (AvgIpc) is 3.29. The van der Waals surface area contributed by atoms with Crippen molar-refractivity contribution in [3.8, 4) is 0 Å². The van der Waals surface area contributed by atoms with Gasteiger partial charge in [0.15, 0.2) is 0 Å². The highest BCUT2D eigenvalue weighted by Crippen LogP contribution is 2.26. The fourth-order valence-corrected chi connectivity index (χ4v) is 4.81. The van der Waals surface area contributed by atoms with Crippen molar-refractivity contribution in [3.05, 3.63) is 51.2 Å². The van der Waals surface area contributed by atoms with Gasteiger partial charge in [-0.05, 0) is 36.4 Å². The summed E-state index contributed by atoms with van der Waals surface area (Å²) in [6, 6.07) is 10.4. The Morgan fingerprint density at radius 1 is 1.26 bits per heavy atom. The van der Waals surface area contributed by atoms with E-state index >= 15 is 0 Å². The van der Waals surface area contributed by atoms with E-state index in [0.717, 1.165) is 6.26 Å². The van der Waals surface area contributed by atoms with Crippen LogP contribution in [0.25, 0.3) is 0 Å². The highest BCUT2D eigenvalue weighted by atomic mass is 35.5. The molecule has 2 amide bonds. The minimum absolute atomic E-state index is 0.00399. The molecule has 0 bridgehead atoms. The second-order valence-corrected chi connectivity index (χ2v) is 10.8. The van der Waals surface area contributed by atoms with Crippen LogP contribution < -0.4 is 10.2 Å². The Balaban J connectivity index is 1.66. The van der Waals surface area contributed by atoms with E-state index in [-0.39, 0.29) is 17.7 Å². The van der Waals surface area contributed by atoms with E-state index in [2.05, 4.69) is 9.71 Å². The van der Waals surface area contributed by atoms with Gasteiger partial charge in [0.1, 0.15) is 5.84 Å². The van der Waals surface area contributed by atoms with Crippen molar-refractivity contribution >= 4 is 56.3 Å². The second kappa shape index (κ2) is 9.37. The number of benzene rings is 1. The summed E-state index contributed by atoms with van der Waals surface area (Å²) in [7, 11) is -0.123. The smallest absolute Gasteiger partial charge is 0.261 e. The van der Waals surface area contributed by atoms with Crippen LogP contribution in [0.4, 0.5) is 5.69 Å². The van der Waals surface area contributed by atoms with Gasteiger partial charge < -0.3 is 15.1 Å². The molecule has 1 atom stereocenters. The summed E-state index contributed by atoms with van der Waals surface area (Å²) in [5, 5.41) is 2.86. The summed E-state index contributed by atoms with van der Waals surface area (Å²) in [6.45, 7) is 0.877. The number of nitrogens with one attached hydrogen (secondary N) is 1. The third-order valence-electron chi connectivity index (χ3n) is 4.67. The molecule has 3 rings (SSSR count). The van der Waals surface area contributed by atoms with Crippen molar-refractivity contribution in [2.75, 3.05) is 38.3 Å². The molecule has 1 aliphatic heterocycles. The van der Waals surface area contributed by atoms with E-state index in [1.54, 1.807) is 60.3 Å². The Bertz CT molecular complexity index is 1110. The first-order valence-corrected chi connectivity index (χ1v) is 12.5. The van der Waals surface area contributed by atoms with E-state index in [1.165, 1.54) is 11.3 Å². The highest BCUT2D eigenvalue weighted by Gasteiger charge is 2.31. The number of hydrogen-bond acceptors (Lipinski definition) is 5.